The van der Waals surface area contributed by atoms with Gasteiger partial charge in [-0.25, -0.2) is 19.4 Å². The van der Waals surface area contributed by atoms with Crippen LogP contribution in [0.4, 0.5) is 10.5 Å². The molecule has 1 fully saturated rings. The Morgan fingerprint density at radius 3 is 2.88 bits per heavy atom. The van der Waals surface area contributed by atoms with Gasteiger partial charge in [0.15, 0.2) is 0 Å². The molecule has 0 spiro atoms. The Bertz CT molecular complexity index is 1400. The van der Waals surface area contributed by atoms with E-state index >= 15 is 0 Å². The lowest BCUT2D eigenvalue weighted by atomic mass is 10.1. The fourth-order valence-electron chi connectivity index (χ4n) is 4.08. The molecular weight excluding hydrogens is 480 g/mol. The topological polar surface area (TPSA) is 130 Å². The molecule has 0 bridgehead atoms. The van der Waals surface area contributed by atoms with Crippen LogP contribution < -0.4 is 9.64 Å². The molecular formula is C21H17ClN8O3S. The van der Waals surface area contributed by atoms with Crippen LogP contribution in [-0.2, 0) is 11.8 Å². The van der Waals surface area contributed by atoms with Crippen LogP contribution in [0.1, 0.15) is 12.0 Å². The maximum Gasteiger partial charge on any atom is 0.332 e. The summed E-state index contributed by atoms with van der Waals surface area (Å²) in [4.78, 5) is 39.0. The highest BCUT2D eigenvalue weighted by Gasteiger charge is 2.50. The molecule has 1 saturated heterocycles. The number of hydrogen-bond donors (Lipinski definition) is 0. The number of carbonyl (C=O) groups excluding carboxylic acids is 2. The van der Waals surface area contributed by atoms with Crippen molar-refractivity contribution in [2.45, 2.75) is 17.7 Å². The van der Waals surface area contributed by atoms with Crippen molar-refractivity contribution in [3.05, 3.63) is 41.4 Å². The number of imide groups is 1. The molecule has 3 aromatic heterocycles. The highest BCUT2D eigenvalue weighted by molar-refractivity contribution is 8.09. The molecule has 0 aromatic carbocycles. The monoisotopic (exact) mass is 496 g/mol. The summed E-state index contributed by atoms with van der Waals surface area (Å²) in [5.74, 6) is 0.115. The fourth-order valence-corrected chi connectivity index (χ4v) is 5.69. The number of ether oxygens (including phenoxy) is 1. The van der Waals surface area contributed by atoms with Crippen molar-refractivity contribution in [1.82, 2.24) is 29.9 Å². The number of pyridine rings is 2. The van der Waals surface area contributed by atoms with Gasteiger partial charge in [-0.1, -0.05) is 16.8 Å². The van der Waals surface area contributed by atoms with Crippen LogP contribution in [0.2, 0.25) is 5.15 Å². The minimum absolute atomic E-state index is 0.113. The van der Waals surface area contributed by atoms with Crippen molar-refractivity contribution in [2.75, 3.05) is 18.6 Å². The number of carbonyl (C=O) groups is 2. The van der Waals surface area contributed by atoms with Gasteiger partial charge in [-0.2, -0.15) is 5.26 Å². The first-order valence-corrected chi connectivity index (χ1v) is 11.4. The zero-order valence-electron chi connectivity index (χ0n) is 18.0. The first-order chi connectivity index (χ1) is 16.4. The predicted octanol–water partition coefficient (Wildman–Crippen LogP) is 2.63. The highest BCUT2D eigenvalue weighted by Crippen LogP contribution is 2.47. The number of urea groups is 1. The fraction of sp³-hybridized carbons (Fsp3) is 0.286. The summed E-state index contributed by atoms with van der Waals surface area (Å²) in [6, 6.07) is 2.72. The molecule has 3 aromatic rings. The molecule has 2 unspecified atom stereocenters. The number of nitriles is 1. The van der Waals surface area contributed by atoms with Crippen LogP contribution in [0, 0.1) is 11.3 Å². The quantitative estimate of drug-likeness (QED) is 0.489. The van der Waals surface area contributed by atoms with E-state index in [1.165, 1.54) is 47.0 Å². The maximum atomic E-state index is 13.7. The van der Waals surface area contributed by atoms with Gasteiger partial charge in [0.25, 0.3) is 5.91 Å². The van der Waals surface area contributed by atoms with Crippen molar-refractivity contribution >= 4 is 56.9 Å². The number of rotatable bonds is 5. The Morgan fingerprint density at radius 1 is 1.29 bits per heavy atom. The van der Waals surface area contributed by atoms with Crippen LogP contribution >= 0.6 is 23.4 Å². The van der Waals surface area contributed by atoms with Gasteiger partial charge in [0, 0.05) is 24.1 Å². The Kier molecular flexibility index (Phi) is 5.59. The largest absolute Gasteiger partial charge is 0.495 e. The SMILES string of the molecule is COc1cnc(Cl)c(C2=CC3C(S2)C(=O)N(c2cncc4nnn(C)c24)C(=O)N3CCC#N)c1. The lowest BCUT2D eigenvalue weighted by Gasteiger charge is -2.40. The summed E-state index contributed by atoms with van der Waals surface area (Å²) in [6.07, 6.45) is 6.41. The van der Waals surface area contributed by atoms with E-state index in [1.54, 1.807) is 13.1 Å². The first-order valence-electron chi connectivity index (χ1n) is 10.2. The second kappa shape index (κ2) is 8.58. The second-order valence-corrected chi connectivity index (χ2v) is 9.11. The van der Waals surface area contributed by atoms with Crippen molar-refractivity contribution in [3.63, 3.8) is 0 Å². The van der Waals surface area contributed by atoms with Crippen molar-refractivity contribution in [2.24, 2.45) is 7.05 Å². The van der Waals surface area contributed by atoms with Gasteiger partial charge < -0.3 is 9.64 Å². The van der Waals surface area contributed by atoms with Crippen LogP contribution in [0.3, 0.4) is 0 Å². The molecule has 2 aliphatic heterocycles. The van der Waals surface area contributed by atoms with Crippen LogP contribution in [0.5, 0.6) is 5.75 Å². The minimum atomic E-state index is -0.648. The number of aromatic nitrogens is 5. The molecule has 5 heterocycles. The Labute approximate surface area is 202 Å². The normalized spacial score (nSPS) is 19.9. The number of nitrogens with zero attached hydrogens (tertiary/aromatic N) is 8. The van der Waals surface area contributed by atoms with Crippen LogP contribution in [0.25, 0.3) is 15.9 Å². The molecule has 0 saturated carbocycles. The highest BCUT2D eigenvalue weighted by atomic mass is 35.5. The Hall–Kier alpha value is -3.69. The zero-order valence-corrected chi connectivity index (χ0v) is 19.6. The van der Waals surface area contributed by atoms with Crippen molar-refractivity contribution < 1.29 is 14.3 Å². The van der Waals surface area contributed by atoms with E-state index in [4.69, 9.17) is 16.3 Å². The molecule has 34 heavy (non-hydrogen) atoms. The predicted molar refractivity (Wildman–Crippen MR) is 125 cm³/mol. The molecule has 13 heteroatoms. The third-order valence-corrected chi connectivity index (χ3v) is 7.30. The molecule has 5 rings (SSSR count). The molecule has 2 atom stereocenters. The van der Waals surface area contributed by atoms with Gasteiger partial charge in [-0.15, -0.1) is 16.9 Å². The molecule has 0 N–H and O–H groups in total. The number of halogens is 1. The average Bonchev–Trinajstić information content (AvgIpc) is 3.44. The summed E-state index contributed by atoms with van der Waals surface area (Å²) in [7, 11) is 3.20. The molecule has 0 radical (unpaired) electrons. The van der Waals surface area contributed by atoms with E-state index in [9.17, 15) is 14.9 Å². The number of aryl methyl sites for hydroxylation is 1. The summed E-state index contributed by atoms with van der Waals surface area (Å²) in [5, 5.41) is 16.8. The van der Waals surface area contributed by atoms with E-state index < -0.39 is 23.2 Å². The molecule has 3 amide bonds. The second-order valence-electron chi connectivity index (χ2n) is 7.57. The van der Waals surface area contributed by atoms with Crippen LogP contribution in [-0.4, -0.2) is 66.7 Å². The molecule has 0 aliphatic carbocycles. The van der Waals surface area contributed by atoms with Gasteiger partial charge in [0.2, 0.25) is 0 Å². The van der Waals surface area contributed by atoms with E-state index in [0.717, 1.165) is 4.90 Å². The van der Waals surface area contributed by atoms with E-state index in [1.807, 2.05) is 6.08 Å². The number of amides is 3. The summed E-state index contributed by atoms with van der Waals surface area (Å²) in [5.41, 5.74) is 1.85. The summed E-state index contributed by atoms with van der Waals surface area (Å²) >= 11 is 7.64. The number of hydrogen-bond acceptors (Lipinski definition) is 9. The molecule has 11 nitrogen and oxygen atoms in total. The van der Waals surface area contributed by atoms with Gasteiger partial charge in [0.1, 0.15) is 27.2 Å². The third-order valence-electron chi connectivity index (χ3n) is 5.66. The molecule has 2 aliphatic rings. The smallest absolute Gasteiger partial charge is 0.332 e. The Balaban J connectivity index is 1.59. The standard InChI is InChI=1S/C21H17ClN8O3S/c1-28-17-13(26-27-28)9-24-10-15(17)30-20(31)18-14(29(21(30)32)5-3-4-23)7-16(34-18)12-6-11(33-2)8-25-19(12)22/h6-10,14,18H,3,5H2,1-2H3. The van der Waals surface area contributed by atoms with E-state index in [0.29, 0.717) is 27.3 Å². The van der Waals surface area contributed by atoms with Gasteiger partial charge in [-0.05, 0) is 12.1 Å². The van der Waals surface area contributed by atoms with E-state index in [2.05, 4.69) is 26.3 Å². The zero-order chi connectivity index (χ0) is 24.0. The van der Waals surface area contributed by atoms with E-state index in [-0.39, 0.29) is 23.8 Å². The minimum Gasteiger partial charge on any atom is -0.495 e. The third kappa shape index (κ3) is 3.44. The number of fused-ring (bicyclic) bond motifs is 2. The van der Waals surface area contributed by atoms with Gasteiger partial charge in [0.05, 0.1) is 49.9 Å². The van der Waals surface area contributed by atoms with Gasteiger partial charge >= 0.3 is 6.03 Å². The lowest BCUT2D eigenvalue weighted by molar-refractivity contribution is -0.119. The molecule has 172 valence electrons. The summed E-state index contributed by atoms with van der Waals surface area (Å²) in [6.45, 7) is 0.155. The average molecular weight is 497 g/mol. The maximum absolute atomic E-state index is 13.7. The van der Waals surface area contributed by atoms with Gasteiger partial charge in [-0.3, -0.25) is 9.78 Å². The number of thioether (sulfide) groups is 1. The van der Waals surface area contributed by atoms with Crippen molar-refractivity contribution in [3.8, 4) is 11.8 Å². The number of anilines is 1. The Morgan fingerprint density at radius 2 is 2.12 bits per heavy atom. The van der Waals surface area contributed by atoms with Crippen molar-refractivity contribution in [1.29, 1.82) is 5.26 Å². The first kappa shape index (κ1) is 22.1. The lowest BCUT2D eigenvalue weighted by Crippen LogP contribution is -2.62. The summed E-state index contributed by atoms with van der Waals surface area (Å²) < 4.78 is 6.76. The van der Waals surface area contributed by atoms with Crippen LogP contribution in [0.15, 0.2) is 30.7 Å². The number of methoxy groups -OCH3 is 1.